The first-order valence-electron chi connectivity index (χ1n) is 7.44. The minimum absolute atomic E-state index is 0.152. The molecule has 1 unspecified atom stereocenters. The summed E-state index contributed by atoms with van der Waals surface area (Å²) in [7, 11) is 3.51. The van der Waals surface area contributed by atoms with Crippen LogP contribution >= 0.6 is 0 Å². The van der Waals surface area contributed by atoms with Gasteiger partial charge in [-0.2, -0.15) is 0 Å². The number of hydrogen-bond donors (Lipinski definition) is 1. The van der Waals surface area contributed by atoms with Crippen molar-refractivity contribution in [2.45, 2.75) is 25.8 Å². The number of rotatable bonds is 2. The van der Waals surface area contributed by atoms with E-state index in [-0.39, 0.29) is 28.6 Å². The molecule has 7 heteroatoms. The fourth-order valence-corrected chi connectivity index (χ4v) is 3.00. The monoisotopic (exact) mass is 304 g/mol. The van der Waals surface area contributed by atoms with Gasteiger partial charge in [0.25, 0.3) is 11.5 Å². The van der Waals surface area contributed by atoms with E-state index in [1.807, 2.05) is 7.05 Å². The number of amides is 1. The molecule has 3 heterocycles. The largest absolute Gasteiger partial charge is 0.442 e. The third-order valence-electron chi connectivity index (χ3n) is 4.28. The first-order chi connectivity index (χ1) is 10.5. The summed E-state index contributed by atoms with van der Waals surface area (Å²) in [4.78, 5) is 31.1. The van der Waals surface area contributed by atoms with Crippen molar-refractivity contribution in [1.29, 1.82) is 0 Å². The van der Waals surface area contributed by atoms with E-state index < -0.39 is 0 Å². The van der Waals surface area contributed by atoms with Crippen LogP contribution < -0.4 is 10.9 Å². The molecule has 2 aromatic rings. The first kappa shape index (κ1) is 14.8. The third kappa shape index (κ3) is 2.31. The van der Waals surface area contributed by atoms with Crippen LogP contribution in [0.3, 0.4) is 0 Å². The molecule has 0 bridgehead atoms. The van der Waals surface area contributed by atoms with E-state index in [9.17, 15) is 9.59 Å². The molecule has 0 radical (unpaired) electrons. The summed E-state index contributed by atoms with van der Waals surface area (Å²) in [5, 5.41) is 3.49. The van der Waals surface area contributed by atoms with Crippen molar-refractivity contribution in [1.82, 2.24) is 19.8 Å². The number of likely N-dealkylation sites (N-methyl/N-ethyl adjacent to an activating group) is 1. The highest BCUT2D eigenvalue weighted by Crippen LogP contribution is 2.24. The number of nitrogens with zero attached hydrogens (tertiary/aromatic N) is 3. The second-order valence-electron chi connectivity index (χ2n) is 5.75. The fraction of sp³-hybridized carbons (Fsp3) is 0.533. The lowest BCUT2D eigenvalue weighted by atomic mass is 10.0. The van der Waals surface area contributed by atoms with Crippen LogP contribution in [0.2, 0.25) is 0 Å². The van der Waals surface area contributed by atoms with Crippen LogP contribution in [-0.2, 0) is 7.05 Å². The van der Waals surface area contributed by atoms with Gasteiger partial charge in [0, 0.05) is 26.2 Å². The highest BCUT2D eigenvalue weighted by molar-refractivity contribution is 6.06. The summed E-state index contributed by atoms with van der Waals surface area (Å²) in [6.45, 7) is 3.04. The predicted molar refractivity (Wildman–Crippen MR) is 82.0 cm³/mol. The lowest BCUT2D eigenvalue weighted by Gasteiger charge is -2.32. The standard InChI is InChI=1S/C15H20N4O3/c1-9-11(12-13(22-9)17-8-18(3)14(12)20)15(21)19-6-4-5-10(7-19)16-2/h8,10,16H,4-7H2,1-3H3. The molecular weight excluding hydrogens is 284 g/mol. The van der Waals surface area contributed by atoms with Gasteiger partial charge in [-0.05, 0) is 26.8 Å². The Labute approximate surface area is 127 Å². The summed E-state index contributed by atoms with van der Waals surface area (Å²) < 4.78 is 6.87. The quantitative estimate of drug-likeness (QED) is 0.881. The minimum atomic E-state index is -0.257. The average molecular weight is 304 g/mol. The van der Waals surface area contributed by atoms with Gasteiger partial charge in [0.2, 0.25) is 5.71 Å². The molecule has 118 valence electrons. The molecule has 22 heavy (non-hydrogen) atoms. The lowest BCUT2D eigenvalue weighted by molar-refractivity contribution is 0.0698. The molecule has 0 spiro atoms. The van der Waals surface area contributed by atoms with Crippen LogP contribution in [-0.4, -0.2) is 46.5 Å². The Balaban J connectivity index is 2.06. The smallest absolute Gasteiger partial charge is 0.265 e. The molecular formula is C15H20N4O3. The van der Waals surface area contributed by atoms with E-state index >= 15 is 0 Å². The normalized spacial score (nSPS) is 18.9. The Morgan fingerprint density at radius 2 is 2.27 bits per heavy atom. The van der Waals surface area contributed by atoms with Gasteiger partial charge in [-0.1, -0.05) is 0 Å². The number of aryl methyl sites for hydroxylation is 2. The third-order valence-corrected chi connectivity index (χ3v) is 4.28. The van der Waals surface area contributed by atoms with E-state index in [2.05, 4.69) is 10.3 Å². The molecule has 0 aliphatic carbocycles. The Bertz CT molecular complexity index is 777. The number of hydrogen-bond acceptors (Lipinski definition) is 5. The molecule has 0 saturated carbocycles. The molecule has 1 atom stereocenters. The highest BCUT2D eigenvalue weighted by Gasteiger charge is 2.29. The van der Waals surface area contributed by atoms with Crippen LogP contribution in [0.15, 0.2) is 15.5 Å². The van der Waals surface area contributed by atoms with Crippen LogP contribution in [0.5, 0.6) is 0 Å². The van der Waals surface area contributed by atoms with Crippen molar-refractivity contribution in [2.24, 2.45) is 7.05 Å². The van der Waals surface area contributed by atoms with Gasteiger partial charge in [0.15, 0.2) is 0 Å². The Kier molecular flexibility index (Phi) is 3.74. The maximum atomic E-state index is 12.9. The maximum absolute atomic E-state index is 12.9. The number of furan rings is 1. The fourth-order valence-electron chi connectivity index (χ4n) is 3.00. The first-order valence-corrected chi connectivity index (χ1v) is 7.44. The number of fused-ring (bicyclic) bond motifs is 1. The highest BCUT2D eigenvalue weighted by atomic mass is 16.3. The Morgan fingerprint density at radius 1 is 1.50 bits per heavy atom. The minimum Gasteiger partial charge on any atom is -0.442 e. The summed E-state index contributed by atoms with van der Waals surface area (Å²) in [6, 6.07) is 0.289. The molecule has 7 nitrogen and oxygen atoms in total. The van der Waals surface area contributed by atoms with Crippen molar-refractivity contribution in [3.05, 3.63) is 28.0 Å². The molecule has 1 aliphatic heterocycles. The lowest BCUT2D eigenvalue weighted by Crippen LogP contribution is -2.47. The van der Waals surface area contributed by atoms with E-state index in [1.54, 1.807) is 18.9 Å². The second-order valence-corrected chi connectivity index (χ2v) is 5.75. The van der Waals surface area contributed by atoms with Crippen molar-refractivity contribution in [2.75, 3.05) is 20.1 Å². The van der Waals surface area contributed by atoms with E-state index in [1.165, 1.54) is 10.9 Å². The van der Waals surface area contributed by atoms with Crippen LogP contribution in [0.25, 0.3) is 11.1 Å². The summed E-state index contributed by atoms with van der Waals surface area (Å²) in [6.07, 6.45) is 3.40. The Hall–Kier alpha value is -2.15. The van der Waals surface area contributed by atoms with Crippen LogP contribution in [0.1, 0.15) is 29.0 Å². The zero-order chi connectivity index (χ0) is 15.9. The summed E-state index contributed by atoms with van der Waals surface area (Å²) in [5.74, 6) is 0.295. The SMILES string of the molecule is CNC1CCCN(C(=O)c2c(C)oc3ncn(C)c(=O)c23)C1. The molecule has 1 aliphatic rings. The Morgan fingerprint density at radius 3 is 3.00 bits per heavy atom. The molecule has 3 rings (SSSR count). The summed E-state index contributed by atoms with van der Waals surface area (Å²) in [5.41, 5.74) is 0.318. The summed E-state index contributed by atoms with van der Waals surface area (Å²) >= 11 is 0. The molecule has 0 aromatic carbocycles. The maximum Gasteiger partial charge on any atom is 0.265 e. The number of aromatic nitrogens is 2. The van der Waals surface area contributed by atoms with Gasteiger partial charge in [-0.3, -0.25) is 9.59 Å². The van der Waals surface area contributed by atoms with Gasteiger partial charge < -0.3 is 19.2 Å². The molecule has 1 saturated heterocycles. The molecule has 1 amide bonds. The van der Waals surface area contributed by atoms with Crippen molar-refractivity contribution >= 4 is 17.0 Å². The number of likely N-dealkylation sites (tertiary alicyclic amines) is 1. The number of piperidine rings is 1. The predicted octanol–water partition coefficient (Wildman–Crippen LogP) is 0.659. The van der Waals surface area contributed by atoms with Crippen molar-refractivity contribution in [3.8, 4) is 0 Å². The van der Waals surface area contributed by atoms with E-state index in [0.29, 0.717) is 24.4 Å². The number of carbonyl (C=O) groups is 1. The number of carbonyl (C=O) groups excluding carboxylic acids is 1. The molecule has 1 fully saturated rings. The molecule has 2 aromatic heterocycles. The van der Waals surface area contributed by atoms with Gasteiger partial charge in [0.1, 0.15) is 17.5 Å². The van der Waals surface area contributed by atoms with E-state index in [0.717, 1.165) is 12.8 Å². The average Bonchev–Trinajstić information content (AvgIpc) is 2.87. The molecule has 1 N–H and O–H groups in total. The van der Waals surface area contributed by atoms with E-state index in [4.69, 9.17) is 4.42 Å². The van der Waals surface area contributed by atoms with Gasteiger partial charge in [0.05, 0.1) is 5.56 Å². The zero-order valence-electron chi connectivity index (χ0n) is 13.0. The van der Waals surface area contributed by atoms with Crippen molar-refractivity contribution in [3.63, 3.8) is 0 Å². The van der Waals surface area contributed by atoms with Crippen LogP contribution in [0, 0.1) is 6.92 Å². The van der Waals surface area contributed by atoms with Crippen molar-refractivity contribution < 1.29 is 9.21 Å². The second kappa shape index (κ2) is 5.57. The topological polar surface area (TPSA) is 80.4 Å². The van der Waals surface area contributed by atoms with Gasteiger partial charge in [-0.25, -0.2) is 4.98 Å². The number of nitrogens with one attached hydrogen (secondary N) is 1. The van der Waals surface area contributed by atoms with Crippen LogP contribution in [0.4, 0.5) is 0 Å². The zero-order valence-corrected chi connectivity index (χ0v) is 13.0. The van der Waals surface area contributed by atoms with Gasteiger partial charge in [-0.15, -0.1) is 0 Å². The van der Waals surface area contributed by atoms with Gasteiger partial charge >= 0.3 is 0 Å².